The lowest BCUT2D eigenvalue weighted by atomic mass is 9.96. The maximum absolute atomic E-state index is 13.0. The molecule has 1 N–H and O–H groups in total. The van der Waals surface area contributed by atoms with Gasteiger partial charge in [0.05, 0.1) is 12.2 Å². The van der Waals surface area contributed by atoms with Gasteiger partial charge in [-0.15, -0.1) is 21.5 Å². The van der Waals surface area contributed by atoms with Crippen LogP contribution in [0, 0.1) is 0 Å². The summed E-state index contributed by atoms with van der Waals surface area (Å²) in [6.07, 6.45) is 6.53. The van der Waals surface area contributed by atoms with Crippen molar-refractivity contribution in [2.24, 2.45) is 0 Å². The summed E-state index contributed by atoms with van der Waals surface area (Å²) < 4.78 is 5.36. The van der Waals surface area contributed by atoms with Gasteiger partial charge in [0.15, 0.2) is 0 Å². The SMILES string of the molecule is CCOC(=O)c1c(NC(=O)CCSc2nnc(-c3ccccc3)c(-c3ccccc3)n2)sc2c1CCCCCC2. The number of aryl methyl sites for hydroxylation is 1. The van der Waals surface area contributed by atoms with Crippen LogP contribution in [0.5, 0.6) is 0 Å². The number of rotatable bonds is 9. The number of nitrogens with one attached hydrogen (secondary N) is 1. The van der Waals surface area contributed by atoms with Crippen molar-refractivity contribution in [3.05, 3.63) is 76.7 Å². The topological polar surface area (TPSA) is 94.1 Å². The fraction of sp³-hybridized carbons (Fsp3) is 0.323. The molecule has 0 bridgehead atoms. The van der Waals surface area contributed by atoms with E-state index < -0.39 is 0 Å². The van der Waals surface area contributed by atoms with Crippen LogP contribution in [0.15, 0.2) is 65.8 Å². The number of benzene rings is 2. The molecule has 206 valence electrons. The number of carbonyl (C=O) groups excluding carboxylic acids is 2. The largest absolute Gasteiger partial charge is 0.462 e. The van der Waals surface area contributed by atoms with Crippen molar-refractivity contribution in [1.29, 1.82) is 0 Å². The van der Waals surface area contributed by atoms with Gasteiger partial charge in [0.1, 0.15) is 16.4 Å². The number of hydrogen-bond acceptors (Lipinski definition) is 8. The van der Waals surface area contributed by atoms with E-state index in [9.17, 15) is 9.59 Å². The van der Waals surface area contributed by atoms with Crippen LogP contribution < -0.4 is 5.32 Å². The quantitative estimate of drug-likeness (QED) is 0.167. The summed E-state index contributed by atoms with van der Waals surface area (Å²) in [5.41, 5.74) is 4.97. The average molecular weight is 573 g/mol. The Morgan fingerprint density at radius 2 is 1.57 bits per heavy atom. The highest BCUT2D eigenvalue weighted by atomic mass is 32.2. The number of thiophene rings is 1. The molecule has 2 aromatic carbocycles. The number of hydrogen-bond donors (Lipinski definition) is 1. The van der Waals surface area contributed by atoms with Crippen molar-refractivity contribution in [2.45, 2.75) is 57.0 Å². The molecule has 40 heavy (non-hydrogen) atoms. The van der Waals surface area contributed by atoms with E-state index in [-0.39, 0.29) is 18.3 Å². The first-order chi connectivity index (χ1) is 19.6. The van der Waals surface area contributed by atoms with E-state index in [2.05, 4.69) is 15.5 Å². The monoisotopic (exact) mass is 572 g/mol. The first-order valence-electron chi connectivity index (χ1n) is 13.7. The Morgan fingerprint density at radius 3 is 2.27 bits per heavy atom. The Labute approximate surface area is 242 Å². The maximum atomic E-state index is 13.0. The second kappa shape index (κ2) is 13.7. The third kappa shape index (κ3) is 6.77. The molecule has 9 heteroatoms. The predicted octanol–water partition coefficient (Wildman–Crippen LogP) is 7.22. The molecule has 0 fully saturated rings. The molecule has 1 amide bonds. The molecule has 0 unspecified atom stereocenters. The molecule has 0 atom stereocenters. The van der Waals surface area contributed by atoms with E-state index >= 15 is 0 Å². The Kier molecular flexibility index (Phi) is 9.57. The van der Waals surface area contributed by atoms with Crippen LogP contribution in [-0.2, 0) is 22.4 Å². The van der Waals surface area contributed by atoms with E-state index in [1.165, 1.54) is 34.4 Å². The van der Waals surface area contributed by atoms with Gasteiger partial charge in [0.2, 0.25) is 11.1 Å². The van der Waals surface area contributed by atoms with Crippen LogP contribution >= 0.6 is 23.1 Å². The van der Waals surface area contributed by atoms with Gasteiger partial charge in [-0.2, -0.15) is 0 Å². The predicted molar refractivity (Wildman–Crippen MR) is 161 cm³/mol. The summed E-state index contributed by atoms with van der Waals surface area (Å²) >= 11 is 2.91. The Hall–Kier alpha value is -3.56. The number of thioether (sulfide) groups is 1. The third-order valence-corrected chi connectivity index (χ3v) is 8.77. The van der Waals surface area contributed by atoms with Gasteiger partial charge in [-0.25, -0.2) is 9.78 Å². The van der Waals surface area contributed by atoms with E-state index in [1.54, 1.807) is 6.92 Å². The molecule has 0 saturated carbocycles. The molecule has 1 aliphatic carbocycles. The number of fused-ring (bicyclic) bond motifs is 1. The van der Waals surface area contributed by atoms with Crippen LogP contribution in [0.3, 0.4) is 0 Å². The van der Waals surface area contributed by atoms with Crippen LogP contribution in [0.2, 0.25) is 0 Å². The lowest BCUT2D eigenvalue weighted by Crippen LogP contribution is -2.16. The smallest absolute Gasteiger partial charge is 0.341 e. The Balaban J connectivity index is 1.29. The first kappa shape index (κ1) is 28.0. The molecule has 0 aliphatic heterocycles. The number of aromatic nitrogens is 3. The van der Waals surface area contributed by atoms with Crippen molar-refractivity contribution >= 4 is 40.0 Å². The van der Waals surface area contributed by atoms with Gasteiger partial charge in [0.25, 0.3) is 0 Å². The summed E-state index contributed by atoms with van der Waals surface area (Å²) in [5, 5.41) is 13.0. The zero-order valence-electron chi connectivity index (χ0n) is 22.5. The van der Waals surface area contributed by atoms with Gasteiger partial charge in [-0.1, -0.05) is 85.3 Å². The fourth-order valence-corrected chi connectivity index (χ4v) is 6.83. The van der Waals surface area contributed by atoms with Crippen molar-refractivity contribution in [3.63, 3.8) is 0 Å². The van der Waals surface area contributed by atoms with E-state index in [4.69, 9.17) is 9.72 Å². The minimum Gasteiger partial charge on any atom is -0.462 e. The Bertz CT molecular complexity index is 1460. The van der Waals surface area contributed by atoms with Gasteiger partial charge < -0.3 is 10.1 Å². The van der Waals surface area contributed by atoms with Crippen molar-refractivity contribution < 1.29 is 14.3 Å². The molecule has 5 rings (SSSR count). The van der Waals surface area contributed by atoms with E-state index in [0.717, 1.165) is 54.5 Å². The maximum Gasteiger partial charge on any atom is 0.341 e. The zero-order valence-corrected chi connectivity index (χ0v) is 24.2. The van der Waals surface area contributed by atoms with Crippen LogP contribution in [0.1, 0.15) is 59.8 Å². The molecule has 0 spiro atoms. The molecular formula is C31H32N4O3S2. The zero-order chi connectivity index (χ0) is 27.7. The number of carbonyl (C=O) groups is 2. The standard InChI is InChI=1S/C31H32N4O3S2/c1-2-38-30(37)26-23-17-11-3-4-12-18-24(23)40-29(26)32-25(36)19-20-39-31-33-27(21-13-7-5-8-14-21)28(34-35-31)22-15-9-6-10-16-22/h5-10,13-16H,2-4,11-12,17-20H2,1H3,(H,32,36). The lowest BCUT2D eigenvalue weighted by Gasteiger charge is -2.11. The average Bonchev–Trinajstić information content (AvgIpc) is 3.29. The normalized spacial score (nSPS) is 13.1. The molecule has 2 aromatic heterocycles. The second-order valence-electron chi connectivity index (χ2n) is 9.51. The minimum absolute atomic E-state index is 0.149. The number of ether oxygens (including phenoxy) is 1. The summed E-state index contributed by atoms with van der Waals surface area (Å²) in [4.78, 5) is 31.9. The third-order valence-electron chi connectivity index (χ3n) is 6.73. The molecule has 0 radical (unpaired) electrons. The summed E-state index contributed by atoms with van der Waals surface area (Å²) in [5.74, 6) is -0.0206. The van der Waals surface area contributed by atoms with Crippen molar-refractivity contribution in [3.8, 4) is 22.5 Å². The van der Waals surface area contributed by atoms with Crippen LogP contribution in [0.4, 0.5) is 5.00 Å². The molecule has 4 aromatic rings. The van der Waals surface area contributed by atoms with Crippen molar-refractivity contribution in [1.82, 2.24) is 15.2 Å². The molecule has 0 saturated heterocycles. The van der Waals surface area contributed by atoms with Crippen LogP contribution in [0.25, 0.3) is 22.5 Å². The highest BCUT2D eigenvalue weighted by Gasteiger charge is 2.26. The second-order valence-corrected chi connectivity index (χ2v) is 11.7. The van der Waals surface area contributed by atoms with E-state index in [0.29, 0.717) is 33.8 Å². The molecule has 7 nitrogen and oxygen atoms in total. The number of anilines is 1. The first-order valence-corrected chi connectivity index (χ1v) is 15.5. The number of nitrogens with zero attached hydrogens (tertiary/aromatic N) is 3. The lowest BCUT2D eigenvalue weighted by molar-refractivity contribution is -0.115. The highest BCUT2D eigenvalue weighted by Crippen LogP contribution is 2.38. The summed E-state index contributed by atoms with van der Waals surface area (Å²) in [7, 11) is 0. The number of amides is 1. The van der Waals surface area contributed by atoms with E-state index in [1.807, 2.05) is 60.7 Å². The van der Waals surface area contributed by atoms with Crippen LogP contribution in [-0.4, -0.2) is 39.4 Å². The van der Waals surface area contributed by atoms with Crippen molar-refractivity contribution in [2.75, 3.05) is 17.7 Å². The highest BCUT2D eigenvalue weighted by molar-refractivity contribution is 7.99. The molecule has 1 aliphatic rings. The fourth-order valence-electron chi connectivity index (χ4n) is 4.81. The number of esters is 1. The van der Waals surface area contributed by atoms with Gasteiger partial charge >= 0.3 is 5.97 Å². The summed E-state index contributed by atoms with van der Waals surface area (Å²) in [6.45, 7) is 2.10. The minimum atomic E-state index is -0.350. The molecule has 2 heterocycles. The van der Waals surface area contributed by atoms with Gasteiger partial charge in [-0.05, 0) is 38.2 Å². The van der Waals surface area contributed by atoms with Gasteiger partial charge in [0, 0.05) is 28.2 Å². The van der Waals surface area contributed by atoms with Gasteiger partial charge in [-0.3, -0.25) is 4.79 Å². The molecular weight excluding hydrogens is 541 g/mol. The summed E-state index contributed by atoms with van der Waals surface area (Å²) in [6, 6.07) is 19.8. The Morgan fingerprint density at radius 1 is 0.900 bits per heavy atom.